The van der Waals surface area contributed by atoms with Crippen molar-refractivity contribution in [2.75, 3.05) is 6.54 Å². The van der Waals surface area contributed by atoms with E-state index in [4.69, 9.17) is 4.52 Å². The van der Waals surface area contributed by atoms with Crippen molar-refractivity contribution in [3.8, 4) is 0 Å². The molecule has 2 rings (SSSR count). The number of hydrogen-bond acceptors (Lipinski definition) is 5. The molecule has 0 unspecified atom stereocenters. The number of thioether (sulfide) groups is 1. The number of aromatic nitrogens is 2. The van der Waals surface area contributed by atoms with Crippen LogP contribution in [-0.4, -0.2) is 16.7 Å². The number of nitrogens with one attached hydrogen (secondary N) is 1. The van der Waals surface area contributed by atoms with Crippen LogP contribution in [0.1, 0.15) is 25.6 Å². The minimum absolute atomic E-state index is 0.235. The smallest absolute Gasteiger partial charge is 0.240 e. The second-order valence-corrected chi connectivity index (χ2v) is 5.92. The highest BCUT2D eigenvalue weighted by atomic mass is 32.2. The van der Waals surface area contributed by atoms with Crippen LogP contribution in [0.5, 0.6) is 0 Å². The summed E-state index contributed by atoms with van der Waals surface area (Å²) in [6.45, 7) is 5.77. The molecule has 20 heavy (non-hydrogen) atoms. The highest BCUT2D eigenvalue weighted by Crippen LogP contribution is 2.21. The second kappa shape index (κ2) is 7.40. The summed E-state index contributed by atoms with van der Waals surface area (Å²) >= 11 is 1.48. The predicted octanol–water partition coefficient (Wildman–Crippen LogP) is 3.25. The van der Waals surface area contributed by atoms with Gasteiger partial charge in [-0.05, 0) is 30.7 Å². The Morgan fingerprint density at radius 2 is 2.25 bits per heavy atom. The van der Waals surface area contributed by atoms with Gasteiger partial charge in [0.2, 0.25) is 5.89 Å². The number of nitrogens with zero attached hydrogens (tertiary/aromatic N) is 2. The predicted molar refractivity (Wildman–Crippen MR) is 76.8 cm³/mol. The maximum absolute atomic E-state index is 13.0. The molecule has 2 aromatic rings. The van der Waals surface area contributed by atoms with Gasteiger partial charge in [-0.1, -0.05) is 25.1 Å². The number of hydrogen-bond donors (Lipinski definition) is 1. The lowest BCUT2D eigenvalue weighted by molar-refractivity contribution is 0.360. The van der Waals surface area contributed by atoms with Crippen LogP contribution in [0.3, 0.4) is 0 Å². The summed E-state index contributed by atoms with van der Waals surface area (Å²) in [6.07, 6.45) is 0. The van der Waals surface area contributed by atoms with Gasteiger partial charge in [-0.15, -0.1) is 11.8 Å². The number of benzene rings is 1. The lowest BCUT2D eigenvalue weighted by Gasteiger charge is -2.03. The molecule has 0 fully saturated rings. The van der Waals surface area contributed by atoms with E-state index < -0.39 is 0 Å². The minimum Gasteiger partial charge on any atom is -0.338 e. The molecule has 0 spiro atoms. The largest absolute Gasteiger partial charge is 0.338 e. The van der Waals surface area contributed by atoms with Crippen LogP contribution in [0.15, 0.2) is 33.7 Å². The molecule has 0 saturated carbocycles. The van der Waals surface area contributed by atoms with Crippen LogP contribution >= 0.6 is 11.8 Å². The van der Waals surface area contributed by atoms with Gasteiger partial charge in [-0.3, -0.25) is 0 Å². The maximum atomic E-state index is 13.0. The maximum Gasteiger partial charge on any atom is 0.240 e. The first-order chi connectivity index (χ1) is 9.63. The van der Waals surface area contributed by atoms with E-state index in [-0.39, 0.29) is 5.82 Å². The Bertz CT molecular complexity index is 545. The van der Waals surface area contributed by atoms with Crippen LogP contribution in [0.25, 0.3) is 0 Å². The third kappa shape index (κ3) is 4.94. The molecule has 0 saturated heterocycles. The van der Waals surface area contributed by atoms with Crippen LogP contribution in [-0.2, 0) is 12.3 Å². The molecule has 0 radical (unpaired) electrons. The van der Waals surface area contributed by atoms with E-state index >= 15 is 0 Å². The van der Waals surface area contributed by atoms with Crippen molar-refractivity contribution in [3.63, 3.8) is 0 Å². The lowest BCUT2D eigenvalue weighted by atomic mass is 10.2. The summed E-state index contributed by atoms with van der Waals surface area (Å²) < 4.78 is 18.2. The van der Waals surface area contributed by atoms with E-state index in [0.29, 0.717) is 29.9 Å². The number of rotatable bonds is 7. The Kier molecular flexibility index (Phi) is 5.55. The quantitative estimate of drug-likeness (QED) is 0.795. The Morgan fingerprint density at radius 3 is 3.00 bits per heavy atom. The third-order valence-electron chi connectivity index (χ3n) is 2.50. The average Bonchev–Trinajstić information content (AvgIpc) is 2.84. The highest BCUT2D eigenvalue weighted by Gasteiger charge is 2.07. The zero-order valence-electron chi connectivity index (χ0n) is 11.6. The van der Waals surface area contributed by atoms with Crippen LogP contribution in [0, 0.1) is 11.7 Å². The highest BCUT2D eigenvalue weighted by molar-refractivity contribution is 7.98. The summed E-state index contributed by atoms with van der Waals surface area (Å²) in [5.41, 5.74) is 0. The van der Waals surface area contributed by atoms with Gasteiger partial charge in [0.25, 0.3) is 0 Å². The molecule has 1 N–H and O–H groups in total. The van der Waals surface area contributed by atoms with Gasteiger partial charge in [-0.2, -0.15) is 4.98 Å². The van der Waals surface area contributed by atoms with Crippen LogP contribution in [0.4, 0.5) is 4.39 Å². The van der Waals surface area contributed by atoms with Gasteiger partial charge in [0.1, 0.15) is 5.82 Å². The van der Waals surface area contributed by atoms with Crippen molar-refractivity contribution in [2.24, 2.45) is 5.92 Å². The molecule has 0 aliphatic heterocycles. The minimum atomic E-state index is -0.235. The fraction of sp³-hybridized carbons (Fsp3) is 0.429. The monoisotopic (exact) mass is 295 g/mol. The van der Waals surface area contributed by atoms with Gasteiger partial charge in [0.05, 0.1) is 12.3 Å². The Labute approximate surface area is 122 Å². The Balaban J connectivity index is 1.80. The standard InChI is InChI=1S/C14H18FN3OS/c1-10(2)7-16-8-14-17-13(18-19-14)9-20-12-5-3-4-11(15)6-12/h3-6,10,16H,7-9H2,1-2H3. The Hall–Kier alpha value is -1.40. The molecule has 6 heteroatoms. The molecule has 0 aliphatic rings. The second-order valence-electron chi connectivity index (χ2n) is 4.88. The molecule has 0 bridgehead atoms. The normalized spacial score (nSPS) is 11.2. The molecule has 0 amide bonds. The van der Waals surface area contributed by atoms with Crippen molar-refractivity contribution in [1.82, 2.24) is 15.5 Å². The topological polar surface area (TPSA) is 51.0 Å². The summed E-state index contributed by atoms with van der Waals surface area (Å²) in [6, 6.07) is 6.47. The first-order valence-electron chi connectivity index (χ1n) is 6.54. The third-order valence-corrected chi connectivity index (χ3v) is 3.49. The first kappa shape index (κ1) is 15.0. The summed E-state index contributed by atoms with van der Waals surface area (Å²) in [7, 11) is 0. The molecule has 0 atom stereocenters. The number of halogens is 1. The fourth-order valence-corrected chi connectivity index (χ4v) is 2.38. The Morgan fingerprint density at radius 1 is 1.40 bits per heavy atom. The molecule has 1 aromatic carbocycles. The van der Waals surface area contributed by atoms with Crippen molar-refractivity contribution in [1.29, 1.82) is 0 Å². The van der Waals surface area contributed by atoms with E-state index in [1.54, 1.807) is 6.07 Å². The van der Waals surface area contributed by atoms with E-state index in [9.17, 15) is 4.39 Å². The molecule has 0 aliphatic carbocycles. The van der Waals surface area contributed by atoms with E-state index in [2.05, 4.69) is 29.3 Å². The van der Waals surface area contributed by atoms with Gasteiger partial charge < -0.3 is 9.84 Å². The first-order valence-corrected chi connectivity index (χ1v) is 7.52. The molecule has 1 aromatic heterocycles. The average molecular weight is 295 g/mol. The van der Waals surface area contributed by atoms with Gasteiger partial charge in [-0.25, -0.2) is 4.39 Å². The van der Waals surface area contributed by atoms with Gasteiger partial charge >= 0.3 is 0 Å². The lowest BCUT2D eigenvalue weighted by Crippen LogP contribution is -2.19. The van der Waals surface area contributed by atoms with Gasteiger partial charge in [0, 0.05) is 4.90 Å². The van der Waals surface area contributed by atoms with E-state index in [1.165, 1.54) is 23.9 Å². The van der Waals surface area contributed by atoms with Crippen molar-refractivity contribution >= 4 is 11.8 Å². The molecule has 1 heterocycles. The van der Waals surface area contributed by atoms with Crippen LogP contribution < -0.4 is 5.32 Å². The van der Waals surface area contributed by atoms with E-state index in [0.717, 1.165) is 11.4 Å². The van der Waals surface area contributed by atoms with Crippen molar-refractivity contribution in [2.45, 2.75) is 31.0 Å². The molecular weight excluding hydrogens is 277 g/mol. The van der Waals surface area contributed by atoms with E-state index in [1.807, 2.05) is 6.07 Å². The zero-order valence-corrected chi connectivity index (χ0v) is 12.4. The SMILES string of the molecule is CC(C)CNCc1nc(CSc2cccc(F)c2)no1. The summed E-state index contributed by atoms with van der Waals surface area (Å²) in [4.78, 5) is 5.15. The molecular formula is C14H18FN3OS. The molecule has 108 valence electrons. The summed E-state index contributed by atoms with van der Waals surface area (Å²) in [5.74, 6) is 2.13. The molecule has 4 nitrogen and oxygen atoms in total. The van der Waals surface area contributed by atoms with Gasteiger partial charge in [0.15, 0.2) is 5.82 Å². The zero-order chi connectivity index (χ0) is 14.4. The van der Waals surface area contributed by atoms with Crippen molar-refractivity contribution in [3.05, 3.63) is 41.8 Å². The van der Waals surface area contributed by atoms with Crippen molar-refractivity contribution < 1.29 is 8.91 Å². The summed E-state index contributed by atoms with van der Waals surface area (Å²) in [5, 5.41) is 7.15. The fourth-order valence-electron chi connectivity index (χ4n) is 1.59. The van der Waals surface area contributed by atoms with Crippen LogP contribution in [0.2, 0.25) is 0 Å².